The van der Waals surface area contributed by atoms with Crippen molar-refractivity contribution in [3.05, 3.63) is 29.8 Å². The van der Waals surface area contributed by atoms with Gasteiger partial charge in [-0.2, -0.15) is 8.42 Å². The molecule has 1 aromatic carbocycles. The zero-order valence-corrected chi connectivity index (χ0v) is 17.3. The quantitative estimate of drug-likeness (QED) is 0.574. The van der Waals surface area contributed by atoms with E-state index in [4.69, 9.17) is 4.18 Å². The first kappa shape index (κ1) is 19.3. The van der Waals surface area contributed by atoms with Crippen molar-refractivity contribution >= 4 is 24.0 Å². The van der Waals surface area contributed by atoms with Gasteiger partial charge in [0.25, 0.3) is 10.1 Å². The normalized spacial score (nSPS) is 22.3. The van der Waals surface area contributed by atoms with Crippen LogP contribution >= 0.6 is 0 Å². The van der Waals surface area contributed by atoms with Crippen LogP contribution in [0.2, 0.25) is 23.2 Å². The minimum atomic E-state index is -3.85. The Bertz CT molecular complexity index is 729. The molecule has 1 atom stereocenters. The van der Waals surface area contributed by atoms with Gasteiger partial charge in [-0.05, 0) is 30.5 Å². The molecule has 1 saturated carbocycles. The first-order valence-corrected chi connectivity index (χ1v) is 12.7. The third-order valence-corrected chi connectivity index (χ3v) is 14.2. The number of ketones is 1. The van der Waals surface area contributed by atoms with Gasteiger partial charge in [0, 0.05) is 11.5 Å². The van der Waals surface area contributed by atoms with E-state index in [0.717, 1.165) is 12.0 Å². The van der Waals surface area contributed by atoms with Crippen LogP contribution in [0.3, 0.4) is 0 Å². The number of benzene rings is 1. The van der Waals surface area contributed by atoms with E-state index in [-0.39, 0.29) is 22.3 Å². The lowest BCUT2D eigenvalue weighted by atomic mass is 9.83. The van der Waals surface area contributed by atoms with E-state index in [0.29, 0.717) is 6.42 Å². The van der Waals surface area contributed by atoms with Crippen molar-refractivity contribution < 1.29 is 17.4 Å². The summed E-state index contributed by atoms with van der Waals surface area (Å²) in [5.74, 6) is 0.160. The highest BCUT2D eigenvalue weighted by molar-refractivity contribution is 7.86. The average Bonchev–Trinajstić information content (AvgIpc) is 2.45. The third-order valence-electron chi connectivity index (χ3n) is 6.15. The minimum absolute atomic E-state index is 0.0138. The number of carbonyl (C=O) groups excluding carboxylic acids is 1. The molecule has 0 N–H and O–H groups in total. The van der Waals surface area contributed by atoms with Crippen molar-refractivity contribution in [1.29, 1.82) is 0 Å². The molecule has 0 amide bonds. The average molecular weight is 369 g/mol. The van der Waals surface area contributed by atoms with Crippen LogP contribution in [0.4, 0.5) is 0 Å². The Balaban J connectivity index is 2.27. The molecule has 0 aromatic heterocycles. The van der Waals surface area contributed by atoms with Gasteiger partial charge in [0.2, 0.25) is 0 Å². The number of Topliss-reactive ketones (excluding diaryl/α,β-unsaturated/α-hetero) is 1. The number of hydrogen-bond acceptors (Lipinski definition) is 4. The molecule has 1 aromatic rings. The number of aryl methyl sites for hydroxylation is 1. The molecule has 0 spiro atoms. The molecule has 0 bridgehead atoms. The first-order valence-electron chi connectivity index (χ1n) is 8.33. The minimum Gasteiger partial charge on any atom is -0.299 e. The Morgan fingerprint density at radius 1 is 1.17 bits per heavy atom. The molecular formula is C18H28O4SSi. The van der Waals surface area contributed by atoms with E-state index >= 15 is 0 Å². The summed E-state index contributed by atoms with van der Waals surface area (Å²) in [4.78, 5) is 12.6. The fourth-order valence-corrected chi connectivity index (χ4v) is 7.70. The van der Waals surface area contributed by atoms with Crippen molar-refractivity contribution in [2.45, 2.75) is 68.6 Å². The molecule has 1 unspecified atom stereocenters. The van der Waals surface area contributed by atoms with Crippen molar-refractivity contribution in [2.24, 2.45) is 0 Å². The first-order chi connectivity index (χ1) is 10.8. The Labute approximate surface area is 146 Å². The lowest BCUT2D eigenvalue weighted by molar-refractivity contribution is -0.129. The molecular weight excluding hydrogens is 340 g/mol. The molecule has 2 rings (SSSR count). The predicted octanol–water partition coefficient (Wildman–Crippen LogP) is 4.31. The number of hydrogen-bond donors (Lipinski definition) is 0. The van der Waals surface area contributed by atoms with Crippen molar-refractivity contribution in [3.63, 3.8) is 0 Å². The molecule has 0 aliphatic heterocycles. The molecule has 134 valence electrons. The van der Waals surface area contributed by atoms with E-state index in [1.807, 2.05) is 6.92 Å². The molecule has 1 aliphatic rings. The molecule has 0 saturated heterocycles. The van der Waals surface area contributed by atoms with Crippen molar-refractivity contribution in [2.75, 3.05) is 6.61 Å². The molecule has 6 heteroatoms. The Hall–Kier alpha value is -0.983. The fraction of sp³-hybridized carbons (Fsp3) is 0.611. The van der Waals surface area contributed by atoms with Crippen LogP contribution in [0.1, 0.15) is 39.2 Å². The fourth-order valence-electron chi connectivity index (χ4n) is 3.19. The van der Waals surface area contributed by atoms with Crippen LogP contribution in [0.15, 0.2) is 29.2 Å². The summed E-state index contributed by atoms with van der Waals surface area (Å²) >= 11 is 0. The van der Waals surface area contributed by atoms with Crippen LogP contribution < -0.4 is 0 Å². The predicted molar refractivity (Wildman–Crippen MR) is 98.4 cm³/mol. The van der Waals surface area contributed by atoms with E-state index < -0.39 is 23.2 Å². The second kappa shape index (κ2) is 6.07. The Morgan fingerprint density at radius 2 is 1.71 bits per heavy atom. The van der Waals surface area contributed by atoms with Crippen LogP contribution in [0.5, 0.6) is 0 Å². The molecule has 1 fully saturated rings. The number of carbonyl (C=O) groups is 1. The smallest absolute Gasteiger partial charge is 0.296 e. The molecule has 0 radical (unpaired) electrons. The summed E-state index contributed by atoms with van der Waals surface area (Å²) in [6.07, 6.45) is 1.26. The zero-order chi connectivity index (χ0) is 18.4. The van der Waals surface area contributed by atoms with Gasteiger partial charge in [0.1, 0.15) is 5.78 Å². The van der Waals surface area contributed by atoms with E-state index in [9.17, 15) is 13.2 Å². The highest BCUT2D eigenvalue weighted by Crippen LogP contribution is 2.60. The lowest BCUT2D eigenvalue weighted by Crippen LogP contribution is -2.60. The highest BCUT2D eigenvalue weighted by Gasteiger charge is 2.61. The van der Waals surface area contributed by atoms with Gasteiger partial charge in [0.05, 0.1) is 19.6 Å². The maximum Gasteiger partial charge on any atom is 0.296 e. The summed E-state index contributed by atoms with van der Waals surface area (Å²) in [5.41, 5.74) is 0.987. The lowest BCUT2D eigenvalue weighted by Gasteiger charge is -2.55. The summed E-state index contributed by atoms with van der Waals surface area (Å²) < 4.78 is 30.4. The Morgan fingerprint density at radius 3 is 2.08 bits per heavy atom. The van der Waals surface area contributed by atoms with Gasteiger partial charge < -0.3 is 0 Å². The summed E-state index contributed by atoms with van der Waals surface area (Å²) in [5, 5.41) is -0.622. The van der Waals surface area contributed by atoms with E-state index in [1.165, 1.54) is 0 Å². The summed E-state index contributed by atoms with van der Waals surface area (Å²) in [7, 11) is -5.93. The Kier molecular flexibility index (Phi) is 4.89. The van der Waals surface area contributed by atoms with Crippen LogP contribution in [-0.2, 0) is 19.1 Å². The standard InChI is InChI=1S/C18H28O4SSi/c1-14-7-9-15(10-8-14)23(20,21)22-13-18(12-11-16(18)19)24(5,6)17(2,3)4/h7-10H,11-13H2,1-6H3. The topological polar surface area (TPSA) is 60.4 Å². The monoisotopic (exact) mass is 368 g/mol. The second-order valence-corrected chi connectivity index (χ2v) is 15.7. The van der Waals surface area contributed by atoms with Gasteiger partial charge in [0.15, 0.2) is 0 Å². The van der Waals surface area contributed by atoms with Gasteiger partial charge in [-0.1, -0.05) is 51.6 Å². The highest BCUT2D eigenvalue weighted by atomic mass is 32.2. The van der Waals surface area contributed by atoms with Crippen LogP contribution in [0.25, 0.3) is 0 Å². The van der Waals surface area contributed by atoms with Gasteiger partial charge >= 0.3 is 0 Å². The summed E-state index contributed by atoms with van der Waals surface area (Å²) in [6, 6.07) is 6.58. The van der Waals surface area contributed by atoms with Gasteiger partial charge in [-0.3, -0.25) is 8.98 Å². The SMILES string of the molecule is Cc1ccc(S(=O)(=O)OCC2([Si](C)(C)C(C)(C)C)CCC2=O)cc1. The van der Waals surface area contributed by atoms with E-state index in [1.54, 1.807) is 24.3 Å². The van der Waals surface area contributed by atoms with Crippen LogP contribution in [0, 0.1) is 6.92 Å². The van der Waals surface area contributed by atoms with Crippen molar-refractivity contribution in [3.8, 4) is 0 Å². The second-order valence-electron chi connectivity index (χ2n) is 8.41. The van der Waals surface area contributed by atoms with Gasteiger partial charge in [-0.15, -0.1) is 0 Å². The maximum atomic E-state index is 12.5. The molecule has 1 aliphatic carbocycles. The van der Waals surface area contributed by atoms with E-state index in [2.05, 4.69) is 33.9 Å². The third kappa shape index (κ3) is 3.11. The zero-order valence-electron chi connectivity index (χ0n) is 15.5. The summed E-state index contributed by atoms with van der Waals surface area (Å²) in [6.45, 7) is 12.6. The van der Waals surface area contributed by atoms with Crippen LogP contribution in [-0.4, -0.2) is 28.9 Å². The maximum absolute atomic E-state index is 12.5. The molecule has 4 nitrogen and oxygen atoms in total. The number of rotatable bonds is 5. The molecule has 24 heavy (non-hydrogen) atoms. The van der Waals surface area contributed by atoms with Crippen molar-refractivity contribution in [1.82, 2.24) is 0 Å². The molecule has 0 heterocycles. The van der Waals surface area contributed by atoms with Gasteiger partial charge in [-0.25, -0.2) is 0 Å². The largest absolute Gasteiger partial charge is 0.299 e.